The zero-order valence-electron chi connectivity index (χ0n) is 21.9. The number of hydrogen-bond donors (Lipinski definition) is 4. The second-order valence-electron chi connectivity index (χ2n) is 8.81. The van der Waals surface area contributed by atoms with E-state index in [4.69, 9.17) is 24.4 Å². The molecule has 4 rings (SSSR count). The van der Waals surface area contributed by atoms with Crippen molar-refractivity contribution in [2.45, 2.75) is 0 Å². The Morgan fingerprint density at radius 2 is 0.857 bits per heavy atom. The first kappa shape index (κ1) is 29.9. The molecule has 0 fully saturated rings. The molecule has 210 valence electrons. The van der Waals surface area contributed by atoms with Crippen molar-refractivity contribution >= 4 is 70.0 Å². The van der Waals surface area contributed by atoms with Crippen molar-refractivity contribution in [3.63, 3.8) is 0 Å². The molecular formula is C32H24F2N4O2S2. The van der Waals surface area contributed by atoms with Gasteiger partial charge in [-0.3, -0.25) is 20.2 Å². The maximum atomic E-state index is 13.0. The van der Waals surface area contributed by atoms with E-state index in [2.05, 4.69) is 21.3 Å². The van der Waals surface area contributed by atoms with E-state index >= 15 is 0 Å². The van der Waals surface area contributed by atoms with Crippen molar-refractivity contribution in [2.75, 3.05) is 10.6 Å². The molecule has 42 heavy (non-hydrogen) atoms. The van der Waals surface area contributed by atoms with Gasteiger partial charge in [-0.1, -0.05) is 48.5 Å². The number of rotatable bonds is 7. The van der Waals surface area contributed by atoms with Gasteiger partial charge >= 0.3 is 0 Å². The zero-order valence-corrected chi connectivity index (χ0v) is 23.6. The summed E-state index contributed by atoms with van der Waals surface area (Å²) >= 11 is 10.4. The first-order chi connectivity index (χ1) is 20.2. The number of thiocarbonyl (C=S) groups is 2. The van der Waals surface area contributed by atoms with Crippen LogP contribution in [0.15, 0.2) is 109 Å². The van der Waals surface area contributed by atoms with Gasteiger partial charge in [-0.15, -0.1) is 0 Å². The summed E-state index contributed by atoms with van der Waals surface area (Å²) in [7, 11) is 0. The van der Waals surface area contributed by atoms with Crippen molar-refractivity contribution in [1.29, 1.82) is 0 Å². The van der Waals surface area contributed by atoms with Crippen LogP contribution in [0.25, 0.3) is 23.3 Å². The lowest BCUT2D eigenvalue weighted by Gasteiger charge is -2.11. The van der Waals surface area contributed by atoms with Crippen LogP contribution in [0.2, 0.25) is 0 Å². The molecule has 0 bridgehead atoms. The molecule has 2 amide bonds. The molecule has 0 aliphatic heterocycles. The molecule has 4 N–H and O–H groups in total. The van der Waals surface area contributed by atoms with Crippen LogP contribution in [-0.2, 0) is 9.59 Å². The first-order valence-corrected chi connectivity index (χ1v) is 13.4. The van der Waals surface area contributed by atoms with Crippen LogP contribution >= 0.6 is 24.4 Å². The Bertz CT molecular complexity index is 1510. The van der Waals surface area contributed by atoms with Crippen molar-refractivity contribution in [3.8, 4) is 11.1 Å². The highest BCUT2D eigenvalue weighted by atomic mass is 32.1. The molecule has 6 nitrogen and oxygen atoms in total. The Hall–Kier alpha value is -5.06. The van der Waals surface area contributed by atoms with Gasteiger partial charge in [0.1, 0.15) is 11.6 Å². The van der Waals surface area contributed by atoms with Crippen molar-refractivity contribution < 1.29 is 18.4 Å². The Balaban J connectivity index is 1.24. The van der Waals surface area contributed by atoms with E-state index in [-0.39, 0.29) is 21.9 Å². The van der Waals surface area contributed by atoms with Gasteiger partial charge in [-0.05, 0) is 107 Å². The van der Waals surface area contributed by atoms with Crippen LogP contribution < -0.4 is 21.3 Å². The fourth-order valence-corrected chi connectivity index (χ4v) is 4.05. The molecule has 0 spiro atoms. The average molecular weight is 599 g/mol. The Kier molecular flexibility index (Phi) is 10.4. The molecule has 0 saturated carbocycles. The average Bonchev–Trinajstić information content (AvgIpc) is 2.97. The largest absolute Gasteiger partial charge is 0.332 e. The lowest BCUT2D eigenvalue weighted by Crippen LogP contribution is -2.32. The van der Waals surface area contributed by atoms with Gasteiger partial charge in [0.25, 0.3) is 0 Å². The van der Waals surface area contributed by atoms with E-state index < -0.39 is 11.8 Å². The van der Waals surface area contributed by atoms with Crippen LogP contribution in [-0.4, -0.2) is 22.0 Å². The van der Waals surface area contributed by atoms with E-state index in [1.54, 1.807) is 36.4 Å². The van der Waals surface area contributed by atoms with Gasteiger partial charge in [0.15, 0.2) is 10.2 Å². The minimum absolute atomic E-state index is 0.140. The van der Waals surface area contributed by atoms with Crippen LogP contribution in [0, 0.1) is 11.6 Å². The number of hydrogen-bond acceptors (Lipinski definition) is 4. The van der Waals surface area contributed by atoms with Crippen LogP contribution in [0.5, 0.6) is 0 Å². The highest BCUT2D eigenvalue weighted by Crippen LogP contribution is 2.23. The van der Waals surface area contributed by atoms with Gasteiger partial charge < -0.3 is 10.6 Å². The monoisotopic (exact) mass is 598 g/mol. The third kappa shape index (κ3) is 9.54. The summed E-state index contributed by atoms with van der Waals surface area (Å²) in [5.74, 6) is -1.52. The number of benzene rings is 4. The molecule has 0 aromatic heterocycles. The van der Waals surface area contributed by atoms with E-state index in [0.29, 0.717) is 22.5 Å². The summed E-state index contributed by atoms with van der Waals surface area (Å²) in [6.45, 7) is 0. The first-order valence-electron chi connectivity index (χ1n) is 12.6. The molecule has 0 atom stereocenters. The SMILES string of the molecule is O=C(/C=C\c1ccc(F)cc1)NC(=S)Nc1ccc(-c2ccc(NC(=S)NC(=O)/C=C/c3ccc(F)cc3)cc2)cc1. The number of carbonyl (C=O) groups excluding carboxylic acids is 2. The topological polar surface area (TPSA) is 82.3 Å². The molecule has 0 unspecified atom stereocenters. The number of amides is 2. The van der Waals surface area contributed by atoms with E-state index in [1.165, 1.54) is 36.4 Å². The molecule has 0 aliphatic rings. The highest BCUT2D eigenvalue weighted by molar-refractivity contribution is 7.80. The lowest BCUT2D eigenvalue weighted by molar-refractivity contribution is -0.115. The van der Waals surface area contributed by atoms with Crippen LogP contribution in [0.1, 0.15) is 11.1 Å². The summed E-state index contributed by atoms with van der Waals surface area (Å²) in [5.41, 5.74) is 4.66. The van der Waals surface area contributed by atoms with Crippen molar-refractivity contribution in [3.05, 3.63) is 132 Å². The van der Waals surface area contributed by atoms with E-state index in [9.17, 15) is 18.4 Å². The van der Waals surface area contributed by atoms with Crippen molar-refractivity contribution in [2.24, 2.45) is 0 Å². The quantitative estimate of drug-likeness (QED) is 0.140. The zero-order chi connectivity index (χ0) is 29.9. The third-order valence-electron chi connectivity index (χ3n) is 5.69. The third-order valence-corrected chi connectivity index (χ3v) is 6.09. The fourth-order valence-electron chi connectivity index (χ4n) is 3.62. The summed E-state index contributed by atoms with van der Waals surface area (Å²) in [6.07, 6.45) is 5.76. The number of carbonyl (C=O) groups is 2. The van der Waals surface area contributed by atoms with E-state index in [0.717, 1.165) is 11.1 Å². The normalized spacial score (nSPS) is 10.8. The second-order valence-corrected chi connectivity index (χ2v) is 9.63. The predicted octanol–water partition coefficient (Wildman–Crippen LogP) is 6.68. The Labute approximate surface area is 252 Å². The lowest BCUT2D eigenvalue weighted by atomic mass is 10.1. The summed E-state index contributed by atoms with van der Waals surface area (Å²) in [4.78, 5) is 24.2. The molecule has 0 saturated heterocycles. The van der Waals surface area contributed by atoms with Gasteiger partial charge in [0.2, 0.25) is 11.8 Å². The molecule has 10 heteroatoms. The summed E-state index contributed by atoms with van der Waals surface area (Å²) in [5, 5.41) is 11.3. The number of anilines is 2. The van der Waals surface area contributed by atoms with Crippen molar-refractivity contribution in [1.82, 2.24) is 10.6 Å². The van der Waals surface area contributed by atoms with Gasteiger partial charge in [-0.25, -0.2) is 8.78 Å². The molecular weight excluding hydrogens is 575 g/mol. The smallest absolute Gasteiger partial charge is 0.250 e. The summed E-state index contributed by atoms with van der Waals surface area (Å²) < 4.78 is 26.0. The maximum absolute atomic E-state index is 13.0. The van der Waals surface area contributed by atoms with Gasteiger partial charge in [0.05, 0.1) is 0 Å². The molecule has 4 aromatic rings. The van der Waals surface area contributed by atoms with E-state index in [1.807, 2.05) is 48.5 Å². The number of halogens is 2. The standard InChI is InChI=1S/C32H24F2N4O2S2/c33-25-11-1-21(2-12-25)5-19-29(39)37-31(41)35-27-15-7-23(8-16-27)24-9-17-28(18-10-24)36-32(42)38-30(40)20-6-22-3-13-26(34)14-4-22/h1-20H,(H2,35,37,39,41)(H2,36,38,40,42)/b19-5-,20-6+. The summed E-state index contributed by atoms with van der Waals surface area (Å²) in [6, 6.07) is 26.5. The molecule has 4 aromatic carbocycles. The van der Waals surface area contributed by atoms with Crippen LogP contribution in [0.3, 0.4) is 0 Å². The minimum atomic E-state index is -0.414. The number of nitrogens with one attached hydrogen (secondary N) is 4. The maximum Gasteiger partial charge on any atom is 0.250 e. The predicted molar refractivity (Wildman–Crippen MR) is 171 cm³/mol. The molecule has 0 radical (unpaired) electrons. The van der Waals surface area contributed by atoms with Gasteiger partial charge in [-0.2, -0.15) is 0 Å². The minimum Gasteiger partial charge on any atom is -0.332 e. The second kappa shape index (κ2) is 14.5. The van der Waals surface area contributed by atoms with Gasteiger partial charge in [0, 0.05) is 23.5 Å². The molecule has 0 heterocycles. The molecule has 0 aliphatic carbocycles. The Morgan fingerprint density at radius 3 is 1.19 bits per heavy atom. The fraction of sp³-hybridized carbons (Fsp3) is 0. The highest BCUT2D eigenvalue weighted by Gasteiger charge is 2.05. The Morgan fingerprint density at radius 1 is 0.524 bits per heavy atom. The van der Waals surface area contributed by atoms with Crippen LogP contribution in [0.4, 0.5) is 20.2 Å².